The van der Waals surface area contributed by atoms with E-state index in [2.05, 4.69) is 9.71 Å². The highest BCUT2D eigenvalue weighted by Gasteiger charge is 2.17. The van der Waals surface area contributed by atoms with Gasteiger partial charge in [-0.15, -0.1) is 11.3 Å². The third kappa shape index (κ3) is 3.91. The van der Waals surface area contributed by atoms with Crippen LogP contribution in [0.1, 0.15) is 0 Å². The van der Waals surface area contributed by atoms with Crippen LogP contribution in [0.25, 0.3) is 32.1 Å². The number of hydrogen-bond acceptors (Lipinski definition) is 6. The van der Waals surface area contributed by atoms with Crippen LogP contribution in [0.4, 0.5) is 5.69 Å². The fourth-order valence-electron chi connectivity index (χ4n) is 3.40. The number of aromatic hydroxyl groups is 1. The first-order valence-electron chi connectivity index (χ1n) is 9.26. The number of pyridine rings is 1. The summed E-state index contributed by atoms with van der Waals surface area (Å²) in [5, 5.41) is 14.0. The van der Waals surface area contributed by atoms with Crippen molar-refractivity contribution in [1.29, 1.82) is 0 Å². The van der Waals surface area contributed by atoms with Crippen LogP contribution in [-0.4, -0.2) is 49.8 Å². The average Bonchev–Trinajstić information content (AvgIpc) is 3.17. The van der Waals surface area contributed by atoms with Crippen LogP contribution in [0.3, 0.4) is 0 Å². The van der Waals surface area contributed by atoms with Crippen LogP contribution < -0.4 is 10.3 Å². The number of aromatic nitrogens is 1. The van der Waals surface area contributed by atoms with Gasteiger partial charge in [0, 0.05) is 34.1 Å². The van der Waals surface area contributed by atoms with Crippen molar-refractivity contribution in [1.82, 2.24) is 9.88 Å². The second-order valence-corrected chi connectivity index (χ2v) is 10.1. The highest BCUT2D eigenvalue weighted by atomic mass is 32.2. The van der Waals surface area contributed by atoms with Crippen LogP contribution in [0.5, 0.6) is 5.75 Å². The molecular weight excluding hydrogens is 422 g/mol. The maximum absolute atomic E-state index is 12.4. The number of phenolic OH excluding ortho intramolecular Hbond substituents is 1. The Hall–Kier alpha value is -2.88. The zero-order valence-electron chi connectivity index (χ0n) is 16.5. The van der Waals surface area contributed by atoms with Gasteiger partial charge in [-0.1, -0.05) is 12.1 Å². The Labute approximate surface area is 177 Å². The van der Waals surface area contributed by atoms with Gasteiger partial charge in [-0.25, -0.2) is 8.42 Å². The molecule has 0 aliphatic carbocycles. The summed E-state index contributed by atoms with van der Waals surface area (Å²) in [6.45, 7) is 0.405. The number of anilines is 1. The standard InChI is InChI=1S/C21H21N3O4S2/c1-24(2)9-11-30(27,28)23-14-5-3-4-13(12-14)18-17(25)7-6-16-19(18)15-8-10-29-20(15)21(26)22-16/h3-8,10,12,23,25H,9,11H2,1-2H3,(H,22,26). The van der Waals surface area contributed by atoms with Crippen LogP contribution in [0.2, 0.25) is 0 Å². The Morgan fingerprint density at radius 3 is 2.73 bits per heavy atom. The number of aromatic amines is 1. The molecule has 156 valence electrons. The van der Waals surface area contributed by atoms with E-state index in [1.54, 1.807) is 35.2 Å². The molecule has 0 saturated carbocycles. The van der Waals surface area contributed by atoms with Crippen molar-refractivity contribution in [3.63, 3.8) is 0 Å². The molecule has 7 nitrogen and oxygen atoms in total. The summed E-state index contributed by atoms with van der Waals surface area (Å²) in [5.41, 5.74) is 2.03. The maximum atomic E-state index is 12.4. The molecule has 0 fully saturated rings. The molecule has 0 saturated heterocycles. The monoisotopic (exact) mass is 443 g/mol. The van der Waals surface area contributed by atoms with E-state index in [0.29, 0.717) is 33.6 Å². The predicted octanol–water partition coefficient (Wildman–Crippen LogP) is 3.42. The van der Waals surface area contributed by atoms with E-state index in [4.69, 9.17) is 0 Å². The van der Waals surface area contributed by atoms with E-state index in [1.807, 2.05) is 25.5 Å². The van der Waals surface area contributed by atoms with Crippen LogP contribution >= 0.6 is 11.3 Å². The second kappa shape index (κ2) is 7.75. The van der Waals surface area contributed by atoms with Gasteiger partial charge in [0.05, 0.1) is 5.75 Å². The molecular formula is C21H21N3O4S2. The van der Waals surface area contributed by atoms with Crippen LogP contribution in [-0.2, 0) is 10.0 Å². The average molecular weight is 444 g/mol. The number of benzene rings is 2. The zero-order chi connectivity index (χ0) is 21.5. The number of rotatable bonds is 6. The molecule has 2 aromatic carbocycles. The Morgan fingerprint density at radius 2 is 1.97 bits per heavy atom. The number of thiophene rings is 1. The molecule has 0 spiro atoms. The minimum Gasteiger partial charge on any atom is -0.507 e. The minimum absolute atomic E-state index is 0.0273. The van der Waals surface area contributed by atoms with E-state index >= 15 is 0 Å². The van der Waals surface area contributed by atoms with Crippen molar-refractivity contribution in [2.75, 3.05) is 31.1 Å². The predicted molar refractivity (Wildman–Crippen MR) is 123 cm³/mol. The van der Waals surface area contributed by atoms with Gasteiger partial charge in [0.25, 0.3) is 5.56 Å². The number of H-pyrrole nitrogens is 1. The summed E-state index contributed by atoms with van der Waals surface area (Å²) in [7, 11) is 0.116. The Bertz CT molecular complexity index is 1410. The molecule has 2 heterocycles. The number of phenols is 1. The largest absolute Gasteiger partial charge is 0.507 e. The summed E-state index contributed by atoms with van der Waals surface area (Å²) >= 11 is 1.34. The quantitative estimate of drug-likeness (QED) is 0.424. The van der Waals surface area contributed by atoms with Gasteiger partial charge in [0.15, 0.2) is 0 Å². The van der Waals surface area contributed by atoms with Crippen molar-refractivity contribution < 1.29 is 13.5 Å². The third-order valence-corrected chi connectivity index (χ3v) is 6.98. The SMILES string of the molecule is CN(C)CCS(=O)(=O)Nc1cccc(-c2c(O)ccc3[nH]c(=O)c4sccc4c23)c1. The summed E-state index contributed by atoms with van der Waals surface area (Å²) in [5.74, 6) is 0.0233. The molecule has 0 amide bonds. The summed E-state index contributed by atoms with van der Waals surface area (Å²) in [6.07, 6.45) is 0. The fourth-order valence-corrected chi connectivity index (χ4v) is 5.39. The first kappa shape index (κ1) is 20.4. The Morgan fingerprint density at radius 1 is 1.17 bits per heavy atom. The lowest BCUT2D eigenvalue weighted by molar-refractivity contribution is 0.432. The van der Waals surface area contributed by atoms with Crippen molar-refractivity contribution in [2.45, 2.75) is 0 Å². The number of nitrogens with zero attached hydrogens (tertiary/aromatic N) is 1. The highest BCUT2D eigenvalue weighted by Crippen LogP contribution is 2.40. The molecule has 0 radical (unpaired) electrons. The molecule has 0 bridgehead atoms. The Balaban J connectivity index is 1.84. The van der Waals surface area contributed by atoms with Crippen molar-refractivity contribution in [3.05, 3.63) is 58.2 Å². The number of fused-ring (bicyclic) bond motifs is 3. The fraction of sp³-hybridized carbons (Fsp3) is 0.190. The third-order valence-electron chi connectivity index (χ3n) is 4.80. The summed E-state index contributed by atoms with van der Waals surface area (Å²) < 4.78 is 27.9. The van der Waals surface area contributed by atoms with E-state index in [0.717, 1.165) is 10.8 Å². The first-order chi connectivity index (χ1) is 14.2. The zero-order valence-corrected chi connectivity index (χ0v) is 18.1. The molecule has 3 N–H and O–H groups in total. The molecule has 0 aliphatic heterocycles. The molecule has 2 aromatic heterocycles. The van der Waals surface area contributed by atoms with Crippen molar-refractivity contribution >= 4 is 48.0 Å². The molecule has 30 heavy (non-hydrogen) atoms. The summed E-state index contributed by atoms with van der Waals surface area (Å²) in [6, 6.07) is 11.9. The van der Waals surface area contributed by atoms with Gasteiger partial charge < -0.3 is 15.0 Å². The van der Waals surface area contributed by atoms with E-state index in [1.165, 1.54) is 17.4 Å². The number of hydrogen-bond donors (Lipinski definition) is 3. The van der Waals surface area contributed by atoms with Gasteiger partial charge in [-0.2, -0.15) is 0 Å². The van der Waals surface area contributed by atoms with Gasteiger partial charge in [0.1, 0.15) is 10.4 Å². The topological polar surface area (TPSA) is 102 Å². The molecule has 0 atom stereocenters. The smallest absolute Gasteiger partial charge is 0.266 e. The maximum Gasteiger partial charge on any atom is 0.266 e. The summed E-state index contributed by atoms with van der Waals surface area (Å²) in [4.78, 5) is 17.0. The molecule has 0 unspecified atom stereocenters. The normalized spacial score (nSPS) is 12.1. The van der Waals surface area contributed by atoms with Crippen molar-refractivity contribution in [3.8, 4) is 16.9 Å². The lowest BCUT2D eigenvalue weighted by Crippen LogP contribution is -2.26. The van der Waals surface area contributed by atoms with Crippen LogP contribution in [0.15, 0.2) is 52.6 Å². The molecule has 4 aromatic rings. The lowest BCUT2D eigenvalue weighted by atomic mass is 9.97. The van der Waals surface area contributed by atoms with Gasteiger partial charge in [-0.05, 0) is 55.4 Å². The van der Waals surface area contributed by atoms with Gasteiger partial charge in [0.2, 0.25) is 10.0 Å². The lowest BCUT2D eigenvalue weighted by Gasteiger charge is -2.14. The number of sulfonamides is 1. The number of nitrogens with one attached hydrogen (secondary N) is 2. The second-order valence-electron chi connectivity index (χ2n) is 7.30. The Kier molecular flexibility index (Phi) is 5.27. The molecule has 4 rings (SSSR count). The van der Waals surface area contributed by atoms with E-state index < -0.39 is 10.0 Å². The van der Waals surface area contributed by atoms with E-state index in [9.17, 15) is 18.3 Å². The van der Waals surface area contributed by atoms with E-state index in [-0.39, 0.29) is 17.1 Å². The first-order valence-corrected chi connectivity index (χ1v) is 11.8. The van der Waals surface area contributed by atoms with Crippen LogP contribution in [0, 0.1) is 0 Å². The highest BCUT2D eigenvalue weighted by molar-refractivity contribution is 7.92. The van der Waals surface area contributed by atoms with Crippen molar-refractivity contribution in [2.24, 2.45) is 0 Å². The van der Waals surface area contributed by atoms with Gasteiger partial charge >= 0.3 is 0 Å². The molecule has 9 heteroatoms. The minimum atomic E-state index is -3.51. The molecule has 0 aliphatic rings. The van der Waals surface area contributed by atoms with Gasteiger partial charge in [-0.3, -0.25) is 9.52 Å².